The van der Waals surface area contributed by atoms with E-state index in [9.17, 15) is 13.2 Å². The third-order valence-electron chi connectivity index (χ3n) is 3.76. The predicted octanol–water partition coefficient (Wildman–Crippen LogP) is 5.11. The summed E-state index contributed by atoms with van der Waals surface area (Å²) in [6, 6.07) is 9.35. The van der Waals surface area contributed by atoms with Crippen molar-refractivity contribution in [2.45, 2.75) is 35.3 Å². The molecule has 0 amide bonds. The standard InChI is InChI=1S/C17H16F3NOS/c18-17(19,20)13-4-1-5-14(9-13)23-15-6-8-22-16(10-15)12-3-2-7-21-11-12/h1-5,7,9,11,15-16H,6,8,10H2. The van der Waals surface area contributed by atoms with Gasteiger partial charge in [0.1, 0.15) is 0 Å². The molecule has 0 radical (unpaired) electrons. The highest BCUT2D eigenvalue weighted by Gasteiger charge is 2.31. The second-order valence-electron chi connectivity index (χ2n) is 5.44. The molecule has 6 heteroatoms. The first-order valence-corrected chi connectivity index (χ1v) is 8.26. The Morgan fingerprint density at radius 3 is 2.78 bits per heavy atom. The van der Waals surface area contributed by atoms with Crippen LogP contribution in [0.4, 0.5) is 13.2 Å². The first-order valence-electron chi connectivity index (χ1n) is 7.38. The third kappa shape index (κ3) is 4.26. The van der Waals surface area contributed by atoms with E-state index in [1.165, 1.54) is 23.9 Å². The van der Waals surface area contributed by atoms with E-state index in [0.29, 0.717) is 11.5 Å². The summed E-state index contributed by atoms with van der Waals surface area (Å²) in [4.78, 5) is 4.75. The molecule has 1 aromatic carbocycles. The van der Waals surface area contributed by atoms with E-state index >= 15 is 0 Å². The van der Waals surface area contributed by atoms with Crippen molar-refractivity contribution in [1.29, 1.82) is 0 Å². The van der Waals surface area contributed by atoms with E-state index in [0.717, 1.165) is 24.5 Å². The summed E-state index contributed by atoms with van der Waals surface area (Å²) in [5.74, 6) is 0. The molecular weight excluding hydrogens is 323 g/mol. The molecule has 23 heavy (non-hydrogen) atoms. The molecule has 1 aromatic heterocycles. The number of ether oxygens (including phenoxy) is 1. The number of pyridine rings is 1. The van der Waals surface area contributed by atoms with Gasteiger partial charge < -0.3 is 4.74 Å². The highest BCUT2D eigenvalue weighted by molar-refractivity contribution is 8.00. The molecule has 1 aliphatic heterocycles. The van der Waals surface area contributed by atoms with Gasteiger partial charge >= 0.3 is 6.18 Å². The quantitative estimate of drug-likeness (QED) is 0.775. The second-order valence-corrected chi connectivity index (χ2v) is 6.81. The first-order chi connectivity index (χ1) is 11.0. The summed E-state index contributed by atoms with van der Waals surface area (Å²) in [6.07, 6.45) is 0.749. The minimum absolute atomic E-state index is 0.0410. The fourth-order valence-corrected chi connectivity index (χ4v) is 3.83. The SMILES string of the molecule is FC(F)(F)c1cccc(SC2CCOC(c3cccnc3)C2)c1. The lowest BCUT2D eigenvalue weighted by Crippen LogP contribution is -2.21. The van der Waals surface area contributed by atoms with Crippen molar-refractivity contribution in [3.63, 3.8) is 0 Å². The summed E-state index contributed by atoms with van der Waals surface area (Å²) in [5, 5.41) is 0.234. The summed E-state index contributed by atoms with van der Waals surface area (Å²) in [5.41, 5.74) is 0.417. The van der Waals surface area contributed by atoms with Crippen LogP contribution in [0.5, 0.6) is 0 Å². The maximum Gasteiger partial charge on any atom is 0.416 e. The van der Waals surface area contributed by atoms with Crippen LogP contribution in [0.2, 0.25) is 0 Å². The molecule has 2 unspecified atom stereocenters. The first kappa shape index (κ1) is 16.3. The number of alkyl halides is 3. The van der Waals surface area contributed by atoms with Crippen LogP contribution in [0.1, 0.15) is 30.1 Å². The van der Waals surface area contributed by atoms with Crippen LogP contribution in [0.15, 0.2) is 53.7 Å². The van der Waals surface area contributed by atoms with Crippen molar-refractivity contribution in [3.8, 4) is 0 Å². The zero-order valence-corrected chi connectivity index (χ0v) is 13.1. The van der Waals surface area contributed by atoms with Gasteiger partial charge in [-0.05, 0) is 42.7 Å². The van der Waals surface area contributed by atoms with Crippen LogP contribution in [0.3, 0.4) is 0 Å². The van der Waals surface area contributed by atoms with Gasteiger partial charge in [-0.25, -0.2) is 0 Å². The molecule has 2 atom stereocenters. The highest BCUT2D eigenvalue weighted by atomic mass is 32.2. The minimum Gasteiger partial charge on any atom is -0.373 e. The number of hydrogen-bond acceptors (Lipinski definition) is 3. The van der Waals surface area contributed by atoms with E-state index in [4.69, 9.17) is 4.74 Å². The second kappa shape index (κ2) is 6.93. The Bertz CT molecular complexity index is 648. The van der Waals surface area contributed by atoms with Crippen LogP contribution in [-0.4, -0.2) is 16.8 Å². The van der Waals surface area contributed by atoms with Crippen LogP contribution >= 0.6 is 11.8 Å². The van der Waals surface area contributed by atoms with Gasteiger partial charge in [0.15, 0.2) is 0 Å². The number of aromatic nitrogens is 1. The Labute approximate surface area is 137 Å². The molecule has 0 spiro atoms. The van der Waals surface area contributed by atoms with Gasteiger partial charge in [0, 0.05) is 29.1 Å². The molecule has 3 rings (SSSR count). The fourth-order valence-electron chi connectivity index (χ4n) is 2.61. The van der Waals surface area contributed by atoms with Crippen LogP contribution in [-0.2, 0) is 10.9 Å². The lowest BCUT2D eigenvalue weighted by atomic mass is 10.0. The topological polar surface area (TPSA) is 22.1 Å². The average Bonchev–Trinajstić information content (AvgIpc) is 2.55. The number of hydrogen-bond donors (Lipinski definition) is 0. The Morgan fingerprint density at radius 1 is 1.17 bits per heavy atom. The molecular formula is C17H16F3NOS. The lowest BCUT2D eigenvalue weighted by molar-refractivity contribution is -0.137. The van der Waals surface area contributed by atoms with E-state index in [2.05, 4.69) is 4.98 Å². The van der Waals surface area contributed by atoms with Gasteiger partial charge in [0.05, 0.1) is 11.7 Å². The van der Waals surface area contributed by atoms with Gasteiger partial charge in [-0.15, -0.1) is 11.8 Å². The largest absolute Gasteiger partial charge is 0.416 e. The number of benzene rings is 1. The van der Waals surface area contributed by atoms with Crippen molar-refractivity contribution in [2.24, 2.45) is 0 Å². The van der Waals surface area contributed by atoms with Crippen LogP contribution in [0.25, 0.3) is 0 Å². The molecule has 122 valence electrons. The fraction of sp³-hybridized carbons (Fsp3) is 0.353. The van der Waals surface area contributed by atoms with Gasteiger partial charge in [0.25, 0.3) is 0 Å². The van der Waals surface area contributed by atoms with E-state index in [-0.39, 0.29) is 11.4 Å². The van der Waals surface area contributed by atoms with Crippen molar-refractivity contribution in [2.75, 3.05) is 6.61 Å². The van der Waals surface area contributed by atoms with Gasteiger partial charge in [-0.1, -0.05) is 12.1 Å². The van der Waals surface area contributed by atoms with Crippen LogP contribution in [0, 0.1) is 0 Å². The van der Waals surface area contributed by atoms with Crippen molar-refractivity contribution in [1.82, 2.24) is 4.98 Å². The highest BCUT2D eigenvalue weighted by Crippen LogP contribution is 2.39. The van der Waals surface area contributed by atoms with Gasteiger partial charge in [-0.2, -0.15) is 13.2 Å². The molecule has 1 fully saturated rings. The summed E-state index contributed by atoms with van der Waals surface area (Å²) in [7, 11) is 0. The lowest BCUT2D eigenvalue weighted by Gasteiger charge is -2.29. The summed E-state index contributed by atoms with van der Waals surface area (Å²) < 4.78 is 44.2. The normalized spacial score (nSPS) is 22.0. The number of halogens is 3. The van der Waals surface area contributed by atoms with Gasteiger partial charge in [0.2, 0.25) is 0 Å². The van der Waals surface area contributed by atoms with Gasteiger partial charge in [-0.3, -0.25) is 4.98 Å². The summed E-state index contributed by atoms with van der Waals surface area (Å²) >= 11 is 1.49. The van der Waals surface area contributed by atoms with E-state index < -0.39 is 11.7 Å². The average molecular weight is 339 g/mol. The molecule has 2 aromatic rings. The molecule has 0 saturated carbocycles. The maximum absolute atomic E-state index is 12.8. The molecule has 1 saturated heterocycles. The molecule has 0 aliphatic carbocycles. The van der Waals surface area contributed by atoms with E-state index in [1.54, 1.807) is 18.5 Å². The third-order valence-corrected chi connectivity index (χ3v) is 5.04. The van der Waals surface area contributed by atoms with Crippen molar-refractivity contribution >= 4 is 11.8 Å². The van der Waals surface area contributed by atoms with E-state index in [1.807, 2.05) is 12.1 Å². The zero-order chi connectivity index (χ0) is 16.3. The Morgan fingerprint density at radius 2 is 2.04 bits per heavy atom. The Hall–Kier alpha value is -1.53. The molecule has 2 nitrogen and oxygen atoms in total. The molecule has 2 heterocycles. The molecule has 0 N–H and O–H groups in total. The Kier molecular flexibility index (Phi) is 4.92. The predicted molar refractivity (Wildman–Crippen MR) is 83.3 cm³/mol. The minimum atomic E-state index is -4.30. The maximum atomic E-state index is 12.8. The number of nitrogens with zero attached hydrogens (tertiary/aromatic N) is 1. The summed E-state index contributed by atoms with van der Waals surface area (Å²) in [6.45, 7) is 0.607. The molecule has 0 bridgehead atoms. The molecule has 1 aliphatic rings. The monoisotopic (exact) mass is 339 g/mol. The van der Waals surface area contributed by atoms with Crippen molar-refractivity contribution < 1.29 is 17.9 Å². The van der Waals surface area contributed by atoms with Crippen molar-refractivity contribution in [3.05, 3.63) is 59.9 Å². The number of thioether (sulfide) groups is 1. The number of rotatable bonds is 3. The van der Waals surface area contributed by atoms with Crippen LogP contribution < -0.4 is 0 Å². The Balaban J connectivity index is 1.68. The zero-order valence-electron chi connectivity index (χ0n) is 12.3. The smallest absolute Gasteiger partial charge is 0.373 e.